The van der Waals surface area contributed by atoms with Gasteiger partial charge in [-0.25, -0.2) is 9.97 Å². The Kier molecular flexibility index (Phi) is 17.8. The van der Waals surface area contributed by atoms with Crippen LogP contribution < -0.4 is 30.5 Å². The number of aromatic nitrogens is 5. The molecule has 21 heteroatoms. The molecule has 1 aliphatic carbocycles. The molecule has 2 amide bonds. The second-order valence-corrected chi connectivity index (χ2v) is 25.9. The summed E-state index contributed by atoms with van der Waals surface area (Å²) < 4.78 is 19.1. The predicted molar refractivity (Wildman–Crippen MR) is 332 cm³/mol. The first-order chi connectivity index (χ1) is 41.7. The fraction of sp³-hybridized carbons (Fsp3) is 0.523. The van der Waals surface area contributed by atoms with E-state index in [9.17, 15) is 19.8 Å². The number of phenols is 1. The van der Waals surface area contributed by atoms with Crippen LogP contribution in [-0.4, -0.2) is 178 Å². The molecule has 9 heterocycles. The summed E-state index contributed by atoms with van der Waals surface area (Å²) in [4.78, 5) is 51.8. The number of carbonyl (C=O) groups excluding carboxylic acids is 2. The van der Waals surface area contributed by atoms with Crippen LogP contribution in [0.15, 0.2) is 89.0 Å². The molecule has 5 N–H and O–H groups in total. The minimum Gasteiger partial charge on any atom is -0.507 e. The number of nitrogens with zero attached hydrogens (tertiary/aromatic N) is 11. The monoisotopic (exact) mass is 1190 g/mol. The number of nitrogen functional groups attached to an aromatic ring is 1. The van der Waals surface area contributed by atoms with Crippen molar-refractivity contribution >= 4 is 46.2 Å². The number of nitrogens with one attached hydrogen (secondary N) is 1. The number of aliphatic hydroxyl groups excluding tert-OH is 1. The lowest BCUT2D eigenvalue weighted by atomic mass is 9.91. The van der Waals surface area contributed by atoms with Crippen molar-refractivity contribution in [3.05, 3.63) is 102 Å². The number of carbonyl (C=O) groups is 2. The van der Waals surface area contributed by atoms with Crippen molar-refractivity contribution in [3.63, 3.8) is 0 Å². The van der Waals surface area contributed by atoms with Gasteiger partial charge in [0.2, 0.25) is 17.7 Å². The highest BCUT2D eigenvalue weighted by molar-refractivity contribution is 7.13. The third kappa shape index (κ3) is 13.1. The van der Waals surface area contributed by atoms with Gasteiger partial charge in [0.15, 0.2) is 17.4 Å². The normalized spacial score (nSPS) is 23.5. The molecule has 0 radical (unpaired) electrons. The number of thiazole rings is 1. The van der Waals surface area contributed by atoms with E-state index in [0.29, 0.717) is 53.3 Å². The van der Waals surface area contributed by atoms with Crippen LogP contribution in [0.25, 0.3) is 21.7 Å². The van der Waals surface area contributed by atoms with Crippen molar-refractivity contribution in [2.75, 3.05) is 93.4 Å². The third-order valence-electron chi connectivity index (χ3n) is 18.4. The number of benzene rings is 2. The summed E-state index contributed by atoms with van der Waals surface area (Å²) in [6.45, 7) is 13.0. The molecule has 6 fully saturated rings. The predicted octanol–water partition coefficient (Wildman–Crippen LogP) is 7.59. The van der Waals surface area contributed by atoms with Gasteiger partial charge in [-0.1, -0.05) is 61.3 Å². The van der Waals surface area contributed by atoms with Gasteiger partial charge in [0.05, 0.1) is 52.7 Å². The molecule has 12 rings (SSSR count). The highest BCUT2D eigenvalue weighted by Gasteiger charge is 2.45. The molecule has 2 bridgehead atoms. The van der Waals surface area contributed by atoms with Crippen LogP contribution in [0.3, 0.4) is 0 Å². The number of β-amino-alcohol motifs (C(OH)–C–C–N with tert-alkyl or cyclic N) is 1. The average molecular weight is 1190 g/mol. The Morgan fingerprint density at radius 3 is 2.35 bits per heavy atom. The lowest BCUT2D eigenvalue weighted by molar-refractivity contribution is -0.141. The minimum absolute atomic E-state index is 0.0710. The van der Waals surface area contributed by atoms with Crippen molar-refractivity contribution in [2.24, 2.45) is 11.8 Å². The number of pyridine rings is 1. The summed E-state index contributed by atoms with van der Waals surface area (Å²) in [6, 6.07) is 22.7. The number of hydrogen-bond donors (Lipinski definition) is 4. The van der Waals surface area contributed by atoms with E-state index in [1.54, 1.807) is 29.0 Å². The maximum absolute atomic E-state index is 14.5. The summed E-state index contributed by atoms with van der Waals surface area (Å²) in [5.74, 6) is 7.99. The summed E-state index contributed by atoms with van der Waals surface area (Å²) >= 11 is 1.54. The number of amides is 2. The first-order valence-corrected chi connectivity index (χ1v) is 31.7. The molecule has 454 valence electrons. The number of anilines is 4. The quantitative estimate of drug-likeness (QED) is 0.0608. The van der Waals surface area contributed by atoms with E-state index in [-0.39, 0.29) is 60.8 Å². The molecule has 20 nitrogen and oxygen atoms in total. The Morgan fingerprint density at radius 2 is 1.62 bits per heavy atom. The highest BCUT2D eigenvalue weighted by Crippen LogP contribution is 2.41. The number of para-hydroxylation sites is 1. The number of ether oxygens (including phenoxy) is 2. The molecule has 6 aromatic rings. The molecule has 6 aliphatic rings. The van der Waals surface area contributed by atoms with E-state index in [4.69, 9.17) is 19.7 Å². The maximum Gasteiger partial charge on any atom is 0.243 e. The second kappa shape index (κ2) is 25.9. The number of likely N-dealkylation sites (tertiary alicyclic amines) is 2. The zero-order valence-corrected chi connectivity index (χ0v) is 50.8. The molecule has 4 aromatic heterocycles. The number of piperazine rings is 1. The largest absolute Gasteiger partial charge is 0.507 e. The van der Waals surface area contributed by atoms with Gasteiger partial charge in [0, 0.05) is 113 Å². The fourth-order valence-electron chi connectivity index (χ4n) is 13.6. The van der Waals surface area contributed by atoms with Gasteiger partial charge in [-0.2, -0.15) is 0 Å². The van der Waals surface area contributed by atoms with Crippen LogP contribution in [0.5, 0.6) is 11.6 Å². The van der Waals surface area contributed by atoms with Crippen molar-refractivity contribution < 1.29 is 33.8 Å². The molecular weight excluding hydrogens is 1110 g/mol. The van der Waals surface area contributed by atoms with Gasteiger partial charge < -0.3 is 59.8 Å². The van der Waals surface area contributed by atoms with Gasteiger partial charge in [-0.3, -0.25) is 14.5 Å². The van der Waals surface area contributed by atoms with Crippen LogP contribution in [0.1, 0.15) is 108 Å². The lowest BCUT2D eigenvalue weighted by Crippen LogP contribution is -2.54. The van der Waals surface area contributed by atoms with E-state index in [2.05, 4.69) is 74.2 Å². The smallest absolute Gasteiger partial charge is 0.243 e. The number of piperidine rings is 2. The van der Waals surface area contributed by atoms with E-state index < -0.39 is 18.1 Å². The van der Waals surface area contributed by atoms with Gasteiger partial charge in [0.1, 0.15) is 29.5 Å². The van der Waals surface area contributed by atoms with Gasteiger partial charge in [-0.15, -0.1) is 21.5 Å². The Hall–Kier alpha value is -7.35. The Morgan fingerprint density at radius 1 is 0.860 bits per heavy atom. The molecule has 2 unspecified atom stereocenters. The van der Waals surface area contributed by atoms with E-state index in [1.807, 2.05) is 94.5 Å². The SMILES string of the molecule is CC(C)[C@@H](C(=O)N1C[C@H](O)C[C@H]1C(=O)N[C@@H](C)c1ccc(-c2scnc2C#CCN(C)C)cc1)c1cc(N2CCC(CN3CCC(O[C@H]4C[C@H](Oc5cc(N6C7CCC6CN(c6cc(-c8ccccc8O)nnc6N)C7)ccn5)C4)CC3)CC2)no1. The second-order valence-electron chi connectivity index (χ2n) is 25.1. The van der Waals surface area contributed by atoms with Gasteiger partial charge in [0.25, 0.3) is 0 Å². The fourth-order valence-corrected chi connectivity index (χ4v) is 14.4. The van der Waals surface area contributed by atoms with Crippen molar-refractivity contribution in [1.82, 2.24) is 45.3 Å². The molecular formula is C65H81N13O7S. The number of phenolic OH excluding ortho intramolecular Hbond substituents is 1. The summed E-state index contributed by atoms with van der Waals surface area (Å²) in [5.41, 5.74) is 14.1. The van der Waals surface area contributed by atoms with Crippen LogP contribution >= 0.6 is 11.3 Å². The van der Waals surface area contributed by atoms with Gasteiger partial charge >= 0.3 is 0 Å². The number of hydrogen-bond acceptors (Lipinski definition) is 19. The molecule has 2 aromatic carbocycles. The van der Waals surface area contributed by atoms with Crippen molar-refractivity contribution in [3.8, 4) is 45.2 Å². The lowest BCUT2D eigenvalue weighted by Gasteiger charge is -2.43. The molecule has 0 spiro atoms. The van der Waals surface area contributed by atoms with Crippen molar-refractivity contribution in [2.45, 2.75) is 133 Å². The van der Waals surface area contributed by atoms with Crippen LogP contribution in [0.2, 0.25) is 0 Å². The van der Waals surface area contributed by atoms with E-state index in [1.165, 1.54) is 4.90 Å². The summed E-state index contributed by atoms with van der Waals surface area (Å²) in [5, 5.41) is 37.6. The zero-order valence-electron chi connectivity index (χ0n) is 50.0. The zero-order chi connectivity index (χ0) is 59.6. The molecule has 1 saturated carbocycles. The number of aliphatic hydroxyl groups is 1. The minimum atomic E-state index is -0.823. The van der Waals surface area contributed by atoms with Gasteiger partial charge in [-0.05, 0) is 113 Å². The topological polar surface area (TPSA) is 228 Å². The van der Waals surface area contributed by atoms with Crippen LogP contribution in [-0.2, 0) is 14.3 Å². The molecule has 5 saturated heterocycles. The number of aromatic hydroxyl groups is 1. The van der Waals surface area contributed by atoms with Crippen LogP contribution in [0, 0.1) is 23.7 Å². The van der Waals surface area contributed by atoms with E-state index >= 15 is 0 Å². The number of rotatable bonds is 18. The maximum atomic E-state index is 14.5. The number of nitrogens with two attached hydrogens (primary N) is 1. The van der Waals surface area contributed by atoms with E-state index in [0.717, 1.165) is 136 Å². The molecule has 5 aliphatic heterocycles. The van der Waals surface area contributed by atoms with Crippen molar-refractivity contribution in [1.29, 1.82) is 0 Å². The Labute approximate surface area is 508 Å². The molecule has 6 atom stereocenters. The summed E-state index contributed by atoms with van der Waals surface area (Å²) in [7, 11) is 3.96. The number of fused-ring (bicyclic) bond motifs is 2. The first-order valence-electron chi connectivity index (χ1n) is 30.8. The Bertz CT molecular complexity index is 3370. The Balaban J connectivity index is 0.563. The average Bonchev–Trinajstić information content (AvgIpc) is 2.57. The third-order valence-corrected chi connectivity index (χ3v) is 19.2. The van der Waals surface area contributed by atoms with Crippen LogP contribution in [0.4, 0.5) is 23.0 Å². The highest BCUT2D eigenvalue weighted by atomic mass is 32.1. The first kappa shape index (κ1) is 59.0. The standard InChI is InChI=1S/C65H81N13O7S/c1-40(2)61(65(82)77-38-48(79)30-56(77)64(81)69-41(3)43-12-14-44(15-13-43)62-53(68-39-86-62)10-8-24-73(4)5)58-34-59(72-85-58)75-27-19-42(20-28-75)35-74-25-21-49(22-26-74)83-50-31-51(32-50)84-60-29-45(18-23-67-60)78-46-16-17-47(78)37-76(36-46)55-33-54(70-71-63(55)66)52-9-6-7-11-57(52)80/h6-7,9,11-15,18,23,29,33-34,39-42,46-51,56,61,79-80H,16-17,19-22,24-28,30-32,35-38H2,1-5H3,(H2,66,71)(H,69,81)/t41-,46?,47?,48+,50-,51-,56-,61+/m0/s1. The summed E-state index contributed by atoms with van der Waals surface area (Å²) in [6.07, 6.45) is 9.76. The molecule has 86 heavy (non-hydrogen) atoms.